The number of nitrogens with zero attached hydrogens (tertiary/aromatic N) is 2. The largest absolute Gasteiger partial charge is 0.461 e. The summed E-state index contributed by atoms with van der Waals surface area (Å²) in [7, 11) is 0. The summed E-state index contributed by atoms with van der Waals surface area (Å²) < 4.78 is 5.01. The summed E-state index contributed by atoms with van der Waals surface area (Å²) in [6.45, 7) is 7.37. The van der Waals surface area contributed by atoms with Gasteiger partial charge in [-0.25, -0.2) is 9.78 Å². The predicted octanol–water partition coefficient (Wildman–Crippen LogP) is 5.16. The number of thiazole rings is 1. The Labute approximate surface area is 175 Å². The van der Waals surface area contributed by atoms with Crippen molar-refractivity contribution in [3.63, 3.8) is 0 Å². The molecule has 6 heteroatoms. The number of ether oxygens (including phenoxy) is 1. The molecule has 1 aromatic heterocycles. The van der Waals surface area contributed by atoms with E-state index in [0.717, 1.165) is 22.2 Å². The fraction of sp³-hybridized carbons (Fsp3) is 0.348. The topological polar surface area (TPSA) is 59.5 Å². The molecule has 0 aliphatic heterocycles. The van der Waals surface area contributed by atoms with Crippen LogP contribution >= 0.6 is 11.3 Å². The molecule has 3 aromatic rings. The Morgan fingerprint density at radius 1 is 1.14 bits per heavy atom. The van der Waals surface area contributed by atoms with Crippen LogP contribution in [0.3, 0.4) is 0 Å². The molecule has 0 saturated carbocycles. The molecule has 152 valence electrons. The molecule has 0 fully saturated rings. The minimum absolute atomic E-state index is 0.0238. The van der Waals surface area contributed by atoms with Gasteiger partial charge in [-0.15, -0.1) is 11.3 Å². The van der Waals surface area contributed by atoms with E-state index < -0.39 is 5.97 Å². The van der Waals surface area contributed by atoms with Crippen LogP contribution in [0.5, 0.6) is 0 Å². The van der Waals surface area contributed by atoms with Crippen molar-refractivity contribution in [2.24, 2.45) is 5.92 Å². The monoisotopic (exact) mass is 410 g/mol. The highest BCUT2D eigenvalue weighted by Gasteiger charge is 2.20. The van der Waals surface area contributed by atoms with E-state index in [-0.39, 0.29) is 5.91 Å². The lowest BCUT2D eigenvalue weighted by atomic mass is 10.1. The van der Waals surface area contributed by atoms with Crippen molar-refractivity contribution in [1.82, 2.24) is 9.88 Å². The quantitative estimate of drug-likeness (QED) is 0.481. The highest BCUT2D eigenvalue weighted by Crippen LogP contribution is 2.20. The van der Waals surface area contributed by atoms with E-state index in [9.17, 15) is 9.59 Å². The first-order valence-corrected chi connectivity index (χ1v) is 10.8. The number of benzene rings is 2. The lowest BCUT2D eigenvalue weighted by Crippen LogP contribution is -2.32. The summed E-state index contributed by atoms with van der Waals surface area (Å²) in [5.41, 5.74) is 0.962. The Morgan fingerprint density at radius 2 is 1.90 bits per heavy atom. The van der Waals surface area contributed by atoms with Crippen molar-refractivity contribution in [3.05, 3.63) is 64.1 Å². The number of carbonyl (C=O) groups excluding carboxylic acids is 2. The van der Waals surface area contributed by atoms with E-state index in [1.807, 2.05) is 47.4 Å². The van der Waals surface area contributed by atoms with Gasteiger partial charge in [-0.1, -0.05) is 44.2 Å². The van der Waals surface area contributed by atoms with Crippen LogP contribution in [0.2, 0.25) is 0 Å². The lowest BCUT2D eigenvalue weighted by Gasteiger charge is -2.23. The molecule has 0 spiro atoms. The molecule has 0 saturated heterocycles. The van der Waals surface area contributed by atoms with Gasteiger partial charge in [0.05, 0.1) is 13.2 Å². The minimum Gasteiger partial charge on any atom is -0.461 e. The molecule has 0 unspecified atom stereocenters. The van der Waals surface area contributed by atoms with Gasteiger partial charge in [0.15, 0.2) is 5.69 Å². The Hall–Kier alpha value is -2.73. The third-order valence-corrected chi connectivity index (χ3v) is 5.46. The fourth-order valence-corrected chi connectivity index (χ4v) is 3.79. The van der Waals surface area contributed by atoms with Crippen molar-refractivity contribution in [2.45, 2.75) is 33.7 Å². The van der Waals surface area contributed by atoms with Gasteiger partial charge in [-0.2, -0.15) is 0 Å². The van der Waals surface area contributed by atoms with E-state index in [0.29, 0.717) is 36.9 Å². The molecule has 0 N–H and O–H groups in total. The molecule has 3 rings (SSSR count). The number of aromatic nitrogens is 1. The molecule has 0 aliphatic rings. The van der Waals surface area contributed by atoms with Crippen LogP contribution in [0.25, 0.3) is 10.8 Å². The normalized spacial score (nSPS) is 11.0. The molecule has 2 aromatic carbocycles. The summed E-state index contributed by atoms with van der Waals surface area (Å²) in [6, 6.07) is 13.8. The van der Waals surface area contributed by atoms with Crippen LogP contribution in [0.15, 0.2) is 47.8 Å². The van der Waals surface area contributed by atoms with Crippen LogP contribution in [0, 0.1) is 5.92 Å². The number of hydrogen-bond donors (Lipinski definition) is 0. The molecule has 0 radical (unpaired) electrons. The standard InChI is InChI=1S/C23H26N2O3S/c1-4-28-23(27)20-15-29-21(24-20)14-25(12-11-16(2)3)22(26)19-10-9-17-7-5-6-8-18(17)13-19/h5-10,13,15-16H,4,11-12,14H2,1-3H3. The minimum atomic E-state index is -0.426. The Kier molecular flexibility index (Phi) is 6.99. The molecule has 1 amide bonds. The average molecular weight is 411 g/mol. The Morgan fingerprint density at radius 3 is 2.62 bits per heavy atom. The number of hydrogen-bond acceptors (Lipinski definition) is 5. The van der Waals surface area contributed by atoms with Crippen molar-refractivity contribution in [1.29, 1.82) is 0 Å². The first-order chi connectivity index (χ1) is 14.0. The third kappa shape index (κ3) is 5.41. The summed E-state index contributed by atoms with van der Waals surface area (Å²) in [5.74, 6) is 0.0298. The van der Waals surface area contributed by atoms with Gasteiger partial charge in [0.25, 0.3) is 5.91 Å². The average Bonchev–Trinajstić information content (AvgIpc) is 3.19. The van der Waals surface area contributed by atoms with Gasteiger partial charge < -0.3 is 9.64 Å². The van der Waals surface area contributed by atoms with Crippen LogP contribution in [-0.2, 0) is 11.3 Å². The van der Waals surface area contributed by atoms with Gasteiger partial charge in [-0.3, -0.25) is 4.79 Å². The predicted molar refractivity (Wildman–Crippen MR) is 116 cm³/mol. The van der Waals surface area contributed by atoms with Crippen LogP contribution in [-0.4, -0.2) is 34.9 Å². The van der Waals surface area contributed by atoms with Gasteiger partial charge in [0, 0.05) is 17.5 Å². The van der Waals surface area contributed by atoms with E-state index in [1.54, 1.807) is 12.3 Å². The molecule has 29 heavy (non-hydrogen) atoms. The zero-order valence-electron chi connectivity index (χ0n) is 17.1. The second-order valence-electron chi connectivity index (χ2n) is 7.32. The van der Waals surface area contributed by atoms with E-state index in [2.05, 4.69) is 18.8 Å². The second-order valence-corrected chi connectivity index (χ2v) is 8.26. The van der Waals surface area contributed by atoms with Gasteiger partial charge in [-0.05, 0) is 42.2 Å². The maximum atomic E-state index is 13.3. The molecule has 0 aliphatic carbocycles. The van der Waals surface area contributed by atoms with Crippen LogP contribution in [0.1, 0.15) is 53.0 Å². The molecule has 1 heterocycles. The number of fused-ring (bicyclic) bond motifs is 1. The van der Waals surface area contributed by atoms with Gasteiger partial charge in [0.2, 0.25) is 0 Å². The Bertz CT molecular complexity index is 996. The number of rotatable bonds is 8. The molecular formula is C23H26N2O3S. The molecule has 5 nitrogen and oxygen atoms in total. The van der Waals surface area contributed by atoms with E-state index >= 15 is 0 Å². The third-order valence-electron chi connectivity index (χ3n) is 4.62. The highest BCUT2D eigenvalue weighted by molar-refractivity contribution is 7.09. The van der Waals surface area contributed by atoms with Crippen molar-refractivity contribution in [2.75, 3.05) is 13.2 Å². The Balaban J connectivity index is 1.81. The first-order valence-electron chi connectivity index (χ1n) is 9.87. The van der Waals surface area contributed by atoms with Gasteiger partial charge in [0.1, 0.15) is 5.01 Å². The van der Waals surface area contributed by atoms with Crippen molar-refractivity contribution in [3.8, 4) is 0 Å². The molecular weight excluding hydrogens is 384 g/mol. The zero-order valence-corrected chi connectivity index (χ0v) is 17.9. The van der Waals surface area contributed by atoms with Crippen LogP contribution in [0.4, 0.5) is 0 Å². The summed E-state index contributed by atoms with van der Waals surface area (Å²) >= 11 is 1.38. The second kappa shape index (κ2) is 9.65. The highest BCUT2D eigenvalue weighted by atomic mass is 32.1. The van der Waals surface area contributed by atoms with E-state index in [4.69, 9.17) is 4.74 Å². The maximum Gasteiger partial charge on any atom is 0.357 e. The number of esters is 1. The smallest absolute Gasteiger partial charge is 0.357 e. The number of carbonyl (C=O) groups is 2. The molecule has 0 atom stereocenters. The number of amides is 1. The first kappa shape index (κ1) is 21.0. The molecule has 0 bridgehead atoms. The summed E-state index contributed by atoms with van der Waals surface area (Å²) in [6.07, 6.45) is 0.898. The fourth-order valence-electron chi connectivity index (χ4n) is 3.02. The maximum absolute atomic E-state index is 13.3. The summed E-state index contributed by atoms with van der Waals surface area (Å²) in [4.78, 5) is 31.3. The SMILES string of the molecule is CCOC(=O)c1csc(CN(CCC(C)C)C(=O)c2ccc3ccccc3c2)n1. The van der Waals surface area contributed by atoms with Crippen LogP contribution < -0.4 is 0 Å². The van der Waals surface area contributed by atoms with E-state index in [1.165, 1.54) is 11.3 Å². The van der Waals surface area contributed by atoms with Crippen molar-refractivity contribution < 1.29 is 14.3 Å². The van der Waals surface area contributed by atoms with Crippen molar-refractivity contribution >= 4 is 34.0 Å². The zero-order chi connectivity index (χ0) is 20.8. The lowest BCUT2D eigenvalue weighted by molar-refractivity contribution is 0.0520. The van der Waals surface area contributed by atoms with Gasteiger partial charge >= 0.3 is 5.97 Å². The summed E-state index contributed by atoms with van der Waals surface area (Å²) in [5, 5.41) is 4.57.